The highest BCUT2D eigenvalue weighted by Crippen LogP contribution is 2.35. The van der Waals surface area contributed by atoms with Gasteiger partial charge in [0.15, 0.2) is 0 Å². The highest BCUT2D eigenvalue weighted by Gasteiger charge is 2.31. The Morgan fingerprint density at radius 1 is 1.61 bits per heavy atom. The highest BCUT2D eigenvalue weighted by atomic mass is 16.5. The fraction of sp³-hybridized carbons (Fsp3) is 0.769. The monoisotopic (exact) mass is 253 g/mol. The Bertz CT molecular complexity index is 378. The molecular formula is C13H23N3O2. The van der Waals surface area contributed by atoms with E-state index in [2.05, 4.69) is 17.3 Å². The van der Waals surface area contributed by atoms with Crippen LogP contribution in [0.15, 0.2) is 6.20 Å². The van der Waals surface area contributed by atoms with Crippen molar-refractivity contribution in [3.8, 4) is 0 Å². The summed E-state index contributed by atoms with van der Waals surface area (Å²) in [6.07, 6.45) is 3.24. The first kappa shape index (κ1) is 13.5. The fourth-order valence-electron chi connectivity index (χ4n) is 2.44. The Labute approximate surface area is 108 Å². The summed E-state index contributed by atoms with van der Waals surface area (Å²) < 4.78 is 12.8. The molecule has 2 rings (SSSR count). The van der Waals surface area contributed by atoms with Crippen LogP contribution in [0.2, 0.25) is 0 Å². The molecule has 1 N–H and O–H groups in total. The van der Waals surface area contributed by atoms with Crippen LogP contribution in [-0.4, -0.2) is 43.2 Å². The van der Waals surface area contributed by atoms with Crippen molar-refractivity contribution >= 4 is 0 Å². The Kier molecular flexibility index (Phi) is 4.74. The van der Waals surface area contributed by atoms with E-state index in [1.165, 1.54) is 11.3 Å². The summed E-state index contributed by atoms with van der Waals surface area (Å²) >= 11 is 0. The Morgan fingerprint density at radius 3 is 3.11 bits per heavy atom. The Balaban J connectivity index is 1.93. The topological polar surface area (TPSA) is 48.3 Å². The van der Waals surface area contributed by atoms with Gasteiger partial charge in [0.25, 0.3) is 0 Å². The molecule has 0 spiro atoms. The van der Waals surface area contributed by atoms with Gasteiger partial charge in [-0.15, -0.1) is 0 Å². The maximum atomic E-state index is 5.88. The molecular weight excluding hydrogens is 230 g/mol. The van der Waals surface area contributed by atoms with Gasteiger partial charge in [0.1, 0.15) is 0 Å². The molecule has 1 aromatic rings. The average molecular weight is 253 g/mol. The zero-order valence-electron chi connectivity index (χ0n) is 11.5. The number of aromatic nitrogens is 2. The molecule has 5 heteroatoms. The minimum atomic E-state index is 0.189. The number of ether oxygens (including phenoxy) is 2. The van der Waals surface area contributed by atoms with Crippen LogP contribution < -0.4 is 5.32 Å². The van der Waals surface area contributed by atoms with Crippen molar-refractivity contribution in [1.29, 1.82) is 0 Å². The van der Waals surface area contributed by atoms with Crippen LogP contribution >= 0.6 is 0 Å². The molecule has 1 saturated heterocycles. The van der Waals surface area contributed by atoms with E-state index in [1.807, 2.05) is 17.9 Å². The smallest absolute Gasteiger partial charge is 0.0899 e. The molecule has 2 unspecified atom stereocenters. The van der Waals surface area contributed by atoms with Gasteiger partial charge >= 0.3 is 0 Å². The summed E-state index contributed by atoms with van der Waals surface area (Å²) in [5.41, 5.74) is 2.43. The van der Waals surface area contributed by atoms with Crippen molar-refractivity contribution in [3.63, 3.8) is 0 Å². The molecule has 2 atom stereocenters. The van der Waals surface area contributed by atoms with Gasteiger partial charge in [-0.1, -0.05) is 0 Å². The van der Waals surface area contributed by atoms with Crippen molar-refractivity contribution < 1.29 is 9.47 Å². The van der Waals surface area contributed by atoms with E-state index in [-0.39, 0.29) is 6.10 Å². The molecule has 0 bridgehead atoms. The molecule has 0 aliphatic carbocycles. The van der Waals surface area contributed by atoms with Crippen LogP contribution in [0, 0.1) is 12.8 Å². The van der Waals surface area contributed by atoms with Crippen LogP contribution in [-0.2, 0) is 16.5 Å². The zero-order valence-corrected chi connectivity index (χ0v) is 11.5. The number of nitrogens with zero attached hydrogens (tertiary/aromatic N) is 2. The number of methoxy groups -OCH3 is 1. The SMILES string of the molecule is COCCNCC1CCOC1c1cnn(C)c1C. The summed E-state index contributed by atoms with van der Waals surface area (Å²) in [4.78, 5) is 0. The Hall–Kier alpha value is -0.910. The maximum absolute atomic E-state index is 5.88. The lowest BCUT2D eigenvalue weighted by molar-refractivity contribution is 0.0893. The molecule has 0 amide bonds. The Morgan fingerprint density at radius 2 is 2.44 bits per heavy atom. The second-order valence-corrected chi connectivity index (χ2v) is 4.85. The quantitative estimate of drug-likeness (QED) is 0.770. The zero-order chi connectivity index (χ0) is 13.0. The van der Waals surface area contributed by atoms with E-state index in [1.54, 1.807) is 7.11 Å². The first-order valence-corrected chi connectivity index (χ1v) is 6.53. The normalized spacial score (nSPS) is 23.7. The first-order chi connectivity index (χ1) is 8.74. The number of aryl methyl sites for hydroxylation is 1. The van der Waals surface area contributed by atoms with Crippen LogP contribution in [0.3, 0.4) is 0 Å². The third kappa shape index (κ3) is 2.91. The number of nitrogens with one attached hydrogen (secondary N) is 1. The summed E-state index contributed by atoms with van der Waals surface area (Å²) in [5, 5.41) is 7.72. The molecule has 5 nitrogen and oxygen atoms in total. The molecule has 0 saturated carbocycles. The fourth-order valence-corrected chi connectivity index (χ4v) is 2.44. The lowest BCUT2D eigenvalue weighted by atomic mass is 9.96. The molecule has 0 radical (unpaired) electrons. The first-order valence-electron chi connectivity index (χ1n) is 6.53. The second-order valence-electron chi connectivity index (χ2n) is 4.85. The minimum Gasteiger partial charge on any atom is -0.383 e. The van der Waals surface area contributed by atoms with Crippen LogP contribution in [0.5, 0.6) is 0 Å². The molecule has 1 aliphatic heterocycles. The molecule has 0 aromatic carbocycles. The maximum Gasteiger partial charge on any atom is 0.0899 e. The largest absolute Gasteiger partial charge is 0.383 e. The van der Waals surface area contributed by atoms with Crippen LogP contribution in [0.4, 0.5) is 0 Å². The summed E-state index contributed by atoms with van der Waals surface area (Å²) in [7, 11) is 3.70. The van der Waals surface area contributed by atoms with Gasteiger partial charge in [-0.2, -0.15) is 5.10 Å². The molecule has 102 valence electrons. The van der Waals surface area contributed by atoms with E-state index < -0.39 is 0 Å². The summed E-state index contributed by atoms with van der Waals surface area (Å²) in [6, 6.07) is 0. The van der Waals surface area contributed by atoms with Gasteiger partial charge in [-0.05, 0) is 13.3 Å². The summed E-state index contributed by atoms with van der Waals surface area (Å²) in [5.74, 6) is 0.532. The second kappa shape index (κ2) is 6.31. The predicted molar refractivity (Wildman–Crippen MR) is 69.5 cm³/mol. The molecule has 1 fully saturated rings. The third-order valence-electron chi connectivity index (χ3n) is 3.68. The lowest BCUT2D eigenvalue weighted by Crippen LogP contribution is -2.27. The molecule has 18 heavy (non-hydrogen) atoms. The standard InChI is InChI=1S/C13H23N3O2/c1-10-12(9-15-16(10)2)13-11(4-6-18-13)8-14-5-7-17-3/h9,11,13-14H,4-8H2,1-3H3. The average Bonchev–Trinajstić information content (AvgIpc) is 2.94. The summed E-state index contributed by atoms with van der Waals surface area (Å²) in [6.45, 7) is 5.56. The predicted octanol–water partition coefficient (Wildman–Crippen LogP) is 1.04. The third-order valence-corrected chi connectivity index (χ3v) is 3.68. The van der Waals surface area contributed by atoms with E-state index in [0.717, 1.165) is 32.7 Å². The van der Waals surface area contributed by atoms with Crippen LogP contribution in [0.1, 0.15) is 23.8 Å². The highest BCUT2D eigenvalue weighted by molar-refractivity contribution is 5.20. The van der Waals surface area contributed by atoms with Gasteiger partial charge in [-0.3, -0.25) is 4.68 Å². The number of hydrogen-bond donors (Lipinski definition) is 1. The number of rotatable bonds is 6. The van der Waals surface area contributed by atoms with Gasteiger partial charge in [0.05, 0.1) is 18.9 Å². The van der Waals surface area contributed by atoms with Crippen molar-refractivity contribution in [2.45, 2.75) is 19.4 Å². The van der Waals surface area contributed by atoms with E-state index in [4.69, 9.17) is 9.47 Å². The van der Waals surface area contributed by atoms with Crippen molar-refractivity contribution in [3.05, 3.63) is 17.5 Å². The van der Waals surface area contributed by atoms with Gasteiger partial charge < -0.3 is 14.8 Å². The van der Waals surface area contributed by atoms with Gasteiger partial charge in [0.2, 0.25) is 0 Å². The van der Waals surface area contributed by atoms with Crippen molar-refractivity contribution in [2.75, 3.05) is 33.4 Å². The number of hydrogen-bond acceptors (Lipinski definition) is 4. The van der Waals surface area contributed by atoms with Crippen LogP contribution in [0.25, 0.3) is 0 Å². The van der Waals surface area contributed by atoms with E-state index >= 15 is 0 Å². The molecule has 1 aliphatic rings. The molecule has 1 aromatic heterocycles. The van der Waals surface area contributed by atoms with Gasteiger partial charge in [0, 0.05) is 51.0 Å². The molecule has 2 heterocycles. The minimum absolute atomic E-state index is 0.189. The van der Waals surface area contributed by atoms with E-state index in [9.17, 15) is 0 Å². The lowest BCUT2D eigenvalue weighted by Gasteiger charge is -2.18. The van der Waals surface area contributed by atoms with Gasteiger partial charge in [-0.25, -0.2) is 0 Å². The van der Waals surface area contributed by atoms with Crippen molar-refractivity contribution in [1.82, 2.24) is 15.1 Å². The van der Waals surface area contributed by atoms with E-state index in [0.29, 0.717) is 5.92 Å². The van der Waals surface area contributed by atoms with Crippen molar-refractivity contribution in [2.24, 2.45) is 13.0 Å².